The molecule has 21 heavy (non-hydrogen) atoms. The average Bonchev–Trinajstić information content (AvgIpc) is 3.13. The smallest absolute Gasteiger partial charge is 0.174 e. The molecular weight excluding hydrogens is 358 g/mol. The number of rotatable bonds is 2. The van der Waals surface area contributed by atoms with Crippen molar-refractivity contribution in [3.8, 4) is 0 Å². The van der Waals surface area contributed by atoms with E-state index in [9.17, 15) is 0 Å². The fraction of sp³-hybridized carbons (Fsp3) is 0.500. The van der Waals surface area contributed by atoms with Crippen molar-refractivity contribution in [1.29, 1.82) is 0 Å². The predicted octanol–water partition coefficient (Wildman–Crippen LogP) is 1.23. The molecule has 0 unspecified atom stereocenters. The quantitative estimate of drug-likeness (QED) is 0.727. The SMILES string of the molecule is NCCN.Nc1c(Cl)c(N2CCCC2)nc2c(Br)cnn12. The highest BCUT2D eigenvalue weighted by Gasteiger charge is 2.21. The molecule has 9 heteroatoms. The van der Waals surface area contributed by atoms with Gasteiger partial charge in [-0.15, -0.1) is 0 Å². The van der Waals surface area contributed by atoms with Crippen LogP contribution in [-0.4, -0.2) is 40.8 Å². The molecule has 0 radical (unpaired) electrons. The summed E-state index contributed by atoms with van der Waals surface area (Å²) >= 11 is 9.66. The largest absolute Gasteiger partial charge is 0.382 e. The van der Waals surface area contributed by atoms with Crippen LogP contribution in [0.5, 0.6) is 0 Å². The molecule has 6 N–H and O–H groups in total. The van der Waals surface area contributed by atoms with Crippen LogP contribution >= 0.6 is 27.5 Å². The maximum absolute atomic E-state index is 6.26. The third-order valence-electron chi connectivity index (χ3n) is 3.13. The Morgan fingerprint density at radius 2 is 1.86 bits per heavy atom. The first-order chi connectivity index (χ1) is 10.1. The van der Waals surface area contributed by atoms with E-state index in [0.717, 1.165) is 23.4 Å². The van der Waals surface area contributed by atoms with Gasteiger partial charge in [-0.2, -0.15) is 9.61 Å². The molecule has 3 rings (SSSR count). The van der Waals surface area contributed by atoms with Gasteiger partial charge in [0, 0.05) is 26.2 Å². The van der Waals surface area contributed by atoms with Crippen molar-refractivity contribution >= 4 is 44.8 Å². The van der Waals surface area contributed by atoms with Gasteiger partial charge in [0.2, 0.25) is 0 Å². The van der Waals surface area contributed by atoms with E-state index >= 15 is 0 Å². The number of aromatic nitrogens is 3. The first-order valence-corrected chi connectivity index (χ1v) is 7.90. The minimum Gasteiger partial charge on any atom is -0.382 e. The lowest BCUT2D eigenvalue weighted by molar-refractivity contribution is 0.906. The Morgan fingerprint density at radius 3 is 2.43 bits per heavy atom. The van der Waals surface area contributed by atoms with Crippen molar-refractivity contribution in [3.05, 3.63) is 15.7 Å². The number of halogens is 2. The molecule has 7 nitrogen and oxygen atoms in total. The molecule has 116 valence electrons. The van der Waals surface area contributed by atoms with Crippen molar-refractivity contribution in [3.63, 3.8) is 0 Å². The molecule has 0 saturated carbocycles. The molecule has 0 atom stereocenters. The highest BCUT2D eigenvalue weighted by Crippen LogP contribution is 2.33. The molecule has 0 bridgehead atoms. The summed E-state index contributed by atoms with van der Waals surface area (Å²) in [4.78, 5) is 6.71. The maximum atomic E-state index is 6.26. The molecule has 3 heterocycles. The minimum absolute atomic E-state index is 0.435. The Hall–Kier alpha value is -1.09. The topological polar surface area (TPSA) is 111 Å². The fourth-order valence-electron chi connectivity index (χ4n) is 2.09. The molecule has 1 aliphatic rings. The Bertz CT molecular complexity index is 607. The molecule has 2 aromatic heterocycles. The third kappa shape index (κ3) is 3.39. The lowest BCUT2D eigenvalue weighted by Crippen LogP contribution is -2.20. The van der Waals surface area contributed by atoms with Crippen LogP contribution in [-0.2, 0) is 0 Å². The van der Waals surface area contributed by atoms with Crippen LogP contribution in [0.3, 0.4) is 0 Å². The van der Waals surface area contributed by atoms with E-state index in [1.165, 1.54) is 12.8 Å². The summed E-state index contributed by atoms with van der Waals surface area (Å²) in [5, 5.41) is 4.61. The van der Waals surface area contributed by atoms with E-state index in [1.807, 2.05) is 0 Å². The zero-order chi connectivity index (χ0) is 15.4. The first kappa shape index (κ1) is 16.3. The van der Waals surface area contributed by atoms with Gasteiger partial charge in [0.15, 0.2) is 11.5 Å². The monoisotopic (exact) mass is 375 g/mol. The van der Waals surface area contributed by atoms with E-state index in [1.54, 1.807) is 10.7 Å². The second-order valence-electron chi connectivity index (χ2n) is 4.63. The van der Waals surface area contributed by atoms with Crippen molar-refractivity contribution in [2.24, 2.45) is 11.5 Å². The van der Waals surface area contributed by atoms with Gasteiger partial charge in [0.1, 0.15) is 10.8 Å². The number of nitrogens with two attached hydrogens (primary N) is 3. The predicted molar refractivity (Wildman–Crippen MR) is 89.7 cm³/mol. The third-order valence-corrected chi connectivity index (χ3v) is 4.06. The Kier molecular flexibility index (Phi) is 5.63. The van der Waals surface area contributed by atoms with E-state index in [0.29, 0.717) is 29.6 Å². The van der Waals surface area contributed by atoms with Gasteiger partial charge in [-0.3, -0.25) is 0 Å². The summed E-state index contributed by atoms with van der Waals surface area (Å²) in [6.07, 6.45) is 4.01. The van der Waals surface area contributed by atoms with Crippen LogP contribution in [0, 0.1) is 0 Å². The van der Waals surface area contributed by atoms with Crippen molar-refractivity contribution in [2.45, 2.75) is 12.8 Å². The Balaban J connectivity index is 0.000000361. The first-order valence-electron chi connectivity index (χ1n) is 6.73. The summed E-state index contributed by atoms with van der Waals surface area (Å²) < 4.78 is 2.37. The second-order valence-corrected chi connectivity index (χ2v) is 5.87. The maximum Gasteiger partial charge on any atom is 0.174 e. The van der Waals surface area contributed by atoms with Crippen molar-refractivity contribution in [1.82, 2.24) is 14.6 Å². The van der Waals surface area contributed by atoms with Gasteiger partial charge in [-0.1, -0.05) is 11.6 Å². The van der Waals surface area contributed by atoms with E-state index in [-0.39, 0.29) is 0 Å². The molecule has 1 aliphatic heterocycles. The van der Waals surface area contributed by atoms with Gasteiger partial charge in [-0.25, -0.2) is 4.98 Å². The van der Waals surface area contributed by atoms with Gasteiger partial charge in [-0.05, 0) is 28.8 Å². The molecule has 2 aromatic rings. The summed E-state index contributed by atoms with van der Waals surface area (Å²) in [5.74, 6) is 1.19. The van der Waals surface area contributed by atoms with Gasteiger partial charge in [0.05, 0.1) is 10.7 Å². The zero-order valence-electron chi connectivity index (χ0n) is 11.6. The molecule has 1 fully saturated rings. The van der Waals surface area contributed by atoms with Gasteiger partial charge < -0.3 is 22.1 Å². The summed E-state index contributed by atoms with van der Waals surface area (Å²) in [6.45, 7) is 3.15. The van der Waals surface area contributed by atoms with Crippen molar-refractivity contribution < 1.29 is 0 Å². The van der Waals surface area contributed by atoms with Crippen LogP contribution in [0.4, 0.5) is 11.6 Å². The lowest BCUT2D eigenvalue weighted by Gasteiger charge is -2.18. The Morgan fingerprint density at radius 1 is 1.24 bits per heavy atom. The van der Waals surface area contributed by atoms with E-state index in [2.05, 4.69) is 30.9 Å². The van der Waals surface area contributed by atoms with Crippen LogP contribution < -0.4 is 22.1 Å². The molecular formula is C12H19BrClN7. The number of nitrogens with zero attached hydrogens (tertiary/aromatic N) is 4. The van der Waals surface area contributed by atoms with E-state index < -0.39 is 0 Å². The van der Waals surface area contributed by atoms with Crippen molar-refractivity contribution in [2.75, 3.05) is 36.8 Å². The fourth-order valence-corrected chi connectivity index (χ4v) is 2.68. The molecule has 1 saturated heterocycles. The molecule has 0 aliphatic carbocycles. The number of fused-ring (bicyclic) bond motifs is 1. The lowest BCUT2D eigenvalue weighted by atomic mass is 10.4. The number of nitrogen functional groups attached to an aromatic ring is 1. The number of hydrogen-bond acceptors (Lipinski definition) is 6. The van der Waals surface area contributed by atoms with Crippen LogP contribution in [0.2, 0.25) is 5.02 Å². The van der Waals surface area contributed by atoms with Crippen LogP contribution in [0.25, 0.3) is 5.65 Å². The second kappa shape index (κ2) is 7.26. The van der Waals surface area contributed by atoms with Gasteiger partial charge in [0.25, 0.3) is 0 Å². The minimum atomic E-state index is 0.435. The van der Waals surface area contributed by atoms with E-state index in [4.69, 9.17) is 28.8 Å². The van der Waals surface area contributed by atoms with Crippen LogP contribution in [0.1, 0.15) is 12.8 Å². The number of anilines is 2. The molecule has 0 spiro atoms. The highest BCUT2D eigenvalue weighted by molar-refractivity contribution is 9.10. The number of hydrogen-bond donors (Lipinski definition) is 3. The average molecular weight is 377 g/mol. The normalized spacial score (nSPS) is 14.4. The summed E-state index contributed by atoms with van der Waals surface area (Å²) in [5.41, 5.74) is 16.5. The molecule has 0 amide bonds. The summed E-state index contributed by atoms with van der Waals surface area (Å²) in [7, 11) is 0. The van der Waals surface area contributed by atoms with Crippen LogP contribution in [0.15, 0.2) is 10.7 Å². The summed E-state index contributed by atoms with van der Waals surface area (Å²) in [6, 6.07) is 0. The molecule has 0 aromatic carbocycles. The standard InChI is InChI=1S/C10H11BrClN5.C2H8N2/c11-6-5-14-17-8(13)7(12)10(15-9(6)17)16-3-1-2-4-16;3-1-2-4/h5H,1-4,13H2;1-4H2. The van der Waals surface area contributed by atoms with Gasteiger partial charge >= 0.3 is 0 Å². The zero-order valence-corrected chi connectivity index (χ0v) is 13.9. The highest BCUT2D eigenvalue weighted by atomic mass is 79.9. The Labute approximate surface area is 136 Å².